The largest absolute Gasteiger partial charge is 0.481 e. The number of carbonyl (C=O) groups is 1. The molecule has 0 aliphatic rings. The molecule has 1 heterocycles. The number of fused-ring (bicyclic) bond motifs is 1. The Morgan fingerprint density at radius 2 is 1.62 bits per heavy atom. The highest BCUT2D eigenvalue weighted by Gasteiger charge is 2.18. The van der Waals surface area contributed by atoms with E-state index in [9.17, 15) is 9.59 Å². The second-order valence-electron chi connectivity index (χ2n) is 6.94. The molecule has 0 fully saturated rings. The lowest BCUT2D eigenvalue weighted by Gasteiger charge is -2.12. The van der Waals surface area contributed by atoms with Gasteiger partial charge in [0.25, 0.3) is 0 Å². The minimum Gasteiger partial charge on any atom is -0.481 e. The van der Waals surface area contributed by atoms with Gasteiger partial charge < -0.3 is 13.9 Å². The molecule has 0 saturated heterocycles. The molecule has 0 aliphatic heterocycles. The molecule has 0 radical (unpaired) electrons. The zero-order valence-corrected chi connectivity index (χ0v) is 18.6. The van der Waals surface area contributed by atoms with Crippen molar-refractivity contribution in [2.75, 3.05) is 6.61 Å². The number of esters is 1. The van der Waals surface area contributed by atoms with Gasteiger partial charge in [0.1, 0.15) is 12.2 Å². The fraction of sp³-hybridized carbons (Fsp3) is 0.120. The number of rotatable bonds is 6. The van der Waals surface area contributed by atoms with Crippen molar-refractivity contribution >= 4 is 40.1 Å². The van der Waals surface area contributed by atoms with Crippen LogP contribution in [0.3, 0.4) is 0 Å². The molecule has 1 aromatic heterocycles. The average molecular weight is 469 g/mol. The van der Waals surface area contributed by atoms with Gasteiger partial charge in [-0.2, -0.15) is 0 Å². The summed E-state index contributed by atoms with van der Waals surface area (Å²) in [4.78, 5) is 25.1. The molecular formula is C25H18Cl2O5. The molecule has 0 bridgehead atoms. The predicted octanol–water partition coefficient (Wildman–Crippen LogP) is 6.52. The third-order valence-corrected chi connectivity index (χ3v) is 5.25. The van der Waals surface area contributed by atoms with Gasteiger partial charge in [-0.25, -0.2) is 4.79 Å². The van der Waals surface area contributed by atoms with Crippen LogP contribution in [0.4, 0.5) is 0 Å². The highest BCUT2D eigenvalue weighted by molar-refractivity contribution is 6.31. The lowest BCUT2D eigenvalue weighted by Crippen LogP contribution is -2.10. The van der Waals surface area contributed by atoms with Gasteiger partial charge in [0.05, 0.1) is 17.6 Å². The number of ether oxygens (including phenoxy) is 2. The molecule has 32 heavy (non-hydrogen) atoms. The van der Waals surface area contributed by atoms with Crippen LogP contribution in [0.25, 0.3) is 22.3 Å². The van der Waals surface area contributed by atoms with Gasteiger partial charge in [0, 0.05) is 15.6 Å². The first-order valence-corrected chi connectivity index (χ1v) is 10.6. The van der Waals surface area contributed by atoms with Crippen LogP contribution >= 0.6 is 23.2 Å². The Bertz CT molecular complexity index is 1330. The van der Waals surface area contributed by atoms with Gasteiger partial charge in [-0.05, 0) is 67.1 Å². The maximum Gasteiger partial charge on any atom is 0.338 e. The van der Waals surface area contributed by atoms with Crippen molar-refractivity contribution in [3.63, 3.8) is 0 Å². The normalized spacial score (nSPS) is 10.8. The summed E-state index contributed by atoms with van der Waals surface area (Å²) >= 11 is 12.1. The molecule has 0 atom stereocenters. The van der Waals surface area contributed by atoms with Crippen molar-refractivity contribution in [2.45, 2.75) is 13.5 Å². The van der Waals surface area contributed by atoms with E-state index in [4.69, 9.17) is 37.1 Å². The second kappa shape index (κ2) is 9.47. The van der Waals surface area contributed by atoms with Crippen LogP contribution in [0.1, 0.15) is 22.8 Å². The Balaban J connectivity index is 1.71. The molecule has 0 N–H and O–H groups in total. The molecule has 7 heteroatoms. The van der Waals surface area contributed by atoms with E-state index in [0.29, 0.717) is 44.5 Å². The van der Waals surface area contributed by atoms with Gasteiger partial charge in [0.2, 0.25) is 11.2 Å². The molecule has 3 aromatic carbocycles. The van der Waals surface area contributed by atoms with Crippen LogP contribution in [0, 0.1) is 0 Å². The van der Waals surface area contributed by atoms with Crippen molar-refractivity contribution in [3.05, 3.63) is 98.1 Å². The zero-order valence-electron chi connectivity index (χ0n) is 17.1. The van der Waals surface area contributed by atoms with Gasteiger partial charge in [-0.1, -0.05) is 35.3 Å². The molecule has 4 rings (SSSR count). The highest BCUT2D eigenvalue weighted by atomic mass is 35.5. The van der Waals surface area contributed by atoms with E-state index in [1.807, 2.05) is 0 Å². The smallest absolute Gasteiger partial charge is 0.338 e. The fourth-order valence-corrected chi connectivity index (χ4v) is 3.48. The van der Waals surface area contributed by atoms with E-state index >= 15 is 0 Å². The first kappa shape index (κ1) is 21.9. The topological polar surface area (TPSA) is 65.7 Å². The standard InChI is InChI=1S/C25H18Cl2O5/c1-2-30-25(29)17-5-3-15(4-6-17)14-31-24-22(28)20-13-19(27)11-12-21(20)32-23(24)16-7-9-18(26)10-8-16/h3-13H,2,14H2,1H3. The minimum absolute atomic E-state index is 0.0663. The second-order valence-corrected chi connectivity index (χ2v) is 7.82. The number of carbonyl (C=O) groups excluding carboxylic acids is 1. The van der Waals surface area contributed by atoms with E-state index in [-0.39, 0.29) is 17.8 Å². The van der Waals surface area contributed by atoms with E-state index < -0.39 is 5.97 Å². The molecule has 0 unspecified atom stereocenters. The molecule has 162 valence electrons. The molecule has 5 nitrogen and oxygen atoms in total. The summed E-state index contributed by atoms with van der Waals surface area (Å²) in [5, 5.41) is 1.31. The summed E-state index contributed by atoms with van der Waals surface area (Å²) in [6, 6.07) is 18.6. The van der Waals surface area contributed by atoms with Gasteiger partial charge in [-0.15, -0.1) is 0 Å². The van der Waals surface area contributed by atoms with E-state index in [1.54, 1.807) is 73.7 Å². The SMILES string of the molecule is CCOC(=O)c1ccc(COc2c(-c3ccc(Cl)cc3)oc3ccc(Cl)cc3c2=O)cc1. The lowest BCUT2D eigenvalue weighted by molar-refractivity contribution is 0.0526. The maximum atomic E-state index is 13.2. The van der Waals surface area contributed by atoms with Crippen molar-refractivity contribution in [3.8, 4) is 17.1 Å². The van der Waals surface area contributed by atoms with Gasteiger partial charge in [0.15, 0.2) is 5.76 Å². The third kappa shape index (κ3) is 4.64. The Labute approximate surface area is 194 Å². The highest BCUT2D eigenvalue weighted by Crippen LogP contribution is 2.32. The monoisotopic (exact) mass is 468 g/mol. The van der Waals surface area contributed by atoms with Crippen LogP contribution in [0.5, 0.6) is 5.75 Å². The Morgan fingerprint density at radius 1 is 0.938 bits per heavy atom. The van der Waals surface area contributed by atoms with E-state index in [0.717, 1.165) is 5.56 Å². The van der Waals surface area contributed by atoms with Gasteiger partial charge in [-0.3, -0.25) is 4.79 Å². The summed E-state index contributed by atoms with van der Waals surface area (Å²) in [5.41, 5.74) is 1.93. The predicted molar refractivity (Wildman–Crippen MR) is 125 cm³/mol. The molecular weight excluding hydrogens is 451 g/mol. The summed E-state index contributed by atoms with van der Waals surface area (Å²) in [6.07, 6.45) is 0. The molecule has 0 spiro atoms. The summed E-state index contributed by atoms with van der Waals surface area (Å²) < 4.78 is 17.0. The van der Waals surface area contributed by atoms with Gasteiger partial charge >= 0.3 is 5.97 Å². The quantitative estimate of drug-likeness (QED) is 0.301. The van der Waals surface area contributed by atoms with Crippen LogP contribution in [-0.4, -0.2) is 12.6 Å². The molecule has 0 saturated carbocycles. The molecule has 0 aliphatic carbocycles. The van der Waals surface area contributed by atoms with Crippen LogP contribution in [0.15, 0.2) is 75.9 Å². The Morgan fingerprint density at radius 3 is 2.31 bits per heavy atom. The summed E-state index contributed by atoms with van der Waals surface area (Å²) in [7, 11) is 0. The van der Waals surface area contributed by atoms with Crippen LogP contribution in [-0.2, 0) is 11.3 Å². The number of halogens is 2. The average Bonchev–Trinajstić information content (AvgIpc) is 2.80. The molecule has 4 aromatic rings. The van der Waals surface area contributed by atoms with Crippen molar-refractivity contribution in [1.82, 2.24) is 0 Å². The van der Waals surface area contributed by atoms with Crippen molar-refractivity contribution in [1.29, 1.82) is 0 Å². The Hall–Kier alpha value is -3.28. The van der Waals surface area contributed by atoms with E-state index in [2.05, 4.69) is 0 Å². The van der Waals surface area contributed by atoms with Crippen molar-refractivity contribution in [2.24, 2.45) is 0 Å². The Kier molecular flexibility index (Phi) is 6.49. The minimum atomic E-state index is -0.392. The number of hydrogen-bond donors (Lipinski definition) is 0. The zero-order chi connectivity index (χ0) is 22.7. The van der Waals surface area contributed by atoms with Crippen molar-refractivity contribution < 1.29 is 18.7 Å². The number of hydrogen-bond acceptors (Lipinski definition) is 5. The lowest BCUT2D eigenvalue weighted by atomic mass is 10.1. The third-order valence-electron chi connectivity index (χ3n) is 4.77. The first-order chi connectivity index (χ1) is 15.5. The maximum absolute atomic E-state index is 13.2. The van der Waals surface area contributed by atoms with E-state index in [1.165, 1.54) is 0 Å². The van der Waals surface area contributed by atoms with Crippen LogP contribution < -0.4 is 10.2 Å². The summed E-state index contributed by atoms with van der Waals surface area (Å²) in [5.74, 6) is -0.0294. The number of benzene rings is 3. The molecule has 0 amide bonds. The fourth-order valence-electron chi connectivity index (χ4n) is 3.18. The van der Waals surface area contributed by atoms with Crippen LogP contribution in [0.2, 0.25) is 10.0 Å². The first-order valence-electron chi connectivity index (χ1n) is 9.87. The summed E-state index contributed by atoms with van der Waals surface area (Å²) in [6.45, 7) is 2.15.